The summed E-state index contributed by atoms with van der Waals surface area (Å²) in [5.41, 5.74) is -0.407. The SMILES string of the molecule is CC1CCN(C2=NC(=O)/C(=C\c3ccc(-c4cccc(C(F)(F)F)c4)o3)S2)CC1. The molecule has 4 rings (SSSR count). The Balaban J connectivity index is 1.50. The van der Waals surface area contributed by atoms with Crippen molar-refractivity contribution in [2.24, 2.45) is 10.9 Å². The first-order valence-corrected chi connectivity index (χ1v) is 10.2. The number of amidine groups is 1. The highest BCUT2D eigenvalue weighted by atomic mass is 32.2. The number of benzene rings is 1. The van der Waals surface area contributed by atoms with Gasteiger partial charge in [0.1, 0.15) is 11.5 Å². The van der Waals surface area contributed by atoms with Gasteiger partial charge in [0, 0.05) is 24.7 Å². The zero-order valence-corrected chi connectivity index (χ0v) is 16.5. The summed E-state index contributed by atoms with van der Waals surface area (Å²) in [6.45, 7) is 3.98. The molecule has 4 nitrogen and oxygen atoms in total. The first-order valence-electron chi connectivity index (χ1n) is 9.34. The van der Waals surface area contributed by atoms with Crippen LogP contribution in [0.15, 0.2) is 50.7 Å². The lowest BCUT2D eigenvalue weighted by Gasteiger charge is -2.30. The highest BCUT2D eigenvalue weighted by Crippen LogP contribution is 2.35. The summed E-state index contributed by atoms with van der Waals surface area (Å²) in [5.74, 6) is 1.07. The standard InChI is InChI=1S/C21H19F3N2O2S/c1-13-7-9-26(10-8-13)20-25-19(27)18(29-20)12-16-5-6-17(28-16)14-3-2-4-15(11-14)21(22,23)24/h2-6,11-13H,7-10H2,1H3/b18-12+. The summed E-state index contributed by atoms with van der Waals surface area (Å²) in [7, 11) is 0. The molecule has 8 heteroatoms. The number of hydrogen-bond donors (Lipinski definition) is 0. The summed E-state index contributed by atoms with van der Waals surface area (Å²) in [6.07, 6.45) is -0.676. The number of amides is 1. The van der Waals surface area contributed by atoms with Crippen LogP contribution in [0.4, 0.5) is 13.2 Å². The molecular weight excluding hydrogens is 401 g/mol. The van der Waals surface area contributed by atoms with E-state index < -0.39 is 11.7 Å². The average molecular weight is 420 g/mol. The number of carbonyl (C=O) groups is 1. The van der Waals surface area contributed by atoms with Crippen molar-refractivity contribution in [2.45, 2.75) is 25.9 Å². The number of alkyl halides is 3. The Morgan fingerprint density at radius 3 is 2.69 bits per heavy atom. The van der Waals surface area contributed by atoms with Crippen LogP contribution in [-0.2, 0) is 11.0 Å². The van der Waals surface area contributed by atoms with Crippen LogP contribution in [0.3, 0.4) is 0 Å². The van der Waals surface area contributed by atoms with Gasteiger partial charge in [-0.25, -0.2) is 0 Å². The Hall–Kier alpha value is -2.48. The largest absolute Gasteiger partial charge is 0.457 e. The molecule has 0 spiro atoms. The molecule has 2 aliphatic heterocycles. The van der Waals surface area contributed by atoms with E-state index in [4.69, 9.17) is 4.42 Å². The number of piperidine rings is 1. The molecule has 2 aliphatic rings. The van der Waals surface area contributed by atoms with Gasteiger partial charge in [-0.2, -0.15) is 18.2 Å². The van der Waals surface area contributed by atoms with Crippen LogP contribution in [0, 0.1) is 5.92 Å². The molecule has 1 amide bonds. The molecule has 1 aromatic heterocycles. The monoisotopic (exact) mass is 420 g/mol. The molecule has 29 heavy (non-hydrogen) atoms. The van der Waals surface area contributed by atoms with Gasteiger partial charge in [0.05, 0.1) is 10.5 Å². The maximum Gasteiger partial charge on any atom is 0.416 e. The maximum absolute atomic E-state index is 12.9. The molecule has 3 heterocycles. The maximum atomic E-state index is 12.9. The Bertz CT molecular complexity index is 986. The molecule has 1 saturated heterocycles. The number of furan rings is 1. The molecule has 0 atom stereocenters. The minimum atomic E-state index is -4.42. The van der Waals surface area contributed by atoms with Crippen LogP contribution in [0.25, 0.3) is 17.4 Å². The highest BCUT2D eigenvalue weighted by molar-refractivity contribution is 8.18. The summed E-state index contributed by atoms with van der Waals surface area (Å²) in [5, 5.41) is 0.706. The molecule has 0 unspecified atom stereocenters. The van der Waals surface area contributed by atoms with Crippen LogP contribution in [0.5, 0.6) is 0 Å². The number of halogens is 3. The van der Waals surface area contributed by atoms with E-state index in [1.807, 2.05) is 0 Å². The molecule has 1 fully saturated rings. The Morgan fingerprint density at radius 1 is 1.21 bits per heavy atom. The number of likely N-dealkylation sites (tertiary alicyclic amines) is 1. The van der Waals surface area contributed by atoms with Crippen LogP contribution >= 0.6 is 11.8 Å². The van der Waals surface area contributed by atoms with Crippen molar-refractivity contribution in [3.05, 3.63) is 52.6 Å². The molecule has 0 N–H and O–H groups in total. The fraction of sp³-hybridized carbons (Fsp3) is 0.333. The van der Waals surface area contributed by atoms with Gasteiger partial charge in [-0.3, -0.25) is 4.79 Å². The number of aliphatic imine (C=N–C) groups is 1. The van der Waals surface area contributed by atoms with E-state index in [2.05, 4.69) is 16.8 Å². The molecule has 0 saturated carbocycles. The fourth-order valence-electron chi connectivity index (χ4n) is 3.30. The van der Waals surface area contributed by atoms with Gasteiger partial charge < -0.3 is 9.32 Å². The molecule has 152 valence electrons. The Kier molecular flexibility index (Phi) is 5.29. The van der Waals surface area contributed by atoms with Crippen LogP contribution < -0.4 is 0 Å². The lowest BCUT2D eigenvalue weighted by atomic mass is 10.00. The summed E-state index contributed by atoms with van der Waals surface area (Å²) >= 11 is 1.31. The fourth-order valence-corrected chi connectivity index (χ4v) is 4.24. The second-order valence-corrected chi connectivity index (χ2v) is 8.27. The second kappa shape index (κ2) is 7.74. The molecule has 2 aromatic rings. The topological polar surface area (TPSA) is 45.8 Å². The van der Waals surface area contributed by atoms with Crippen molar-refractivity contribution >= 4 is 28.9 Å². The molecule has 1 aromatic carbocycles. The third-order valence-electron chi connectivity index (χ3n) is 5.04. The van der Waals surface area contributed by atoms with Gasteiger partial charge in [-0.1, -0.05) is 19.1 Å². The first kappa shape index (κ1) is 19.8. The number of thioether (sulfide) groups is 1. The van der Waals surface area contributed by atoms with Gasteiger partial charge in [0.2, 0.25) is 0 Å². The van der Waals surface area contributed by atoms with Crippen molar-refractivity contribution in [2.75, 3.05) is 13.1 Å². The van der Waals surface area contributed by atoms with Crippen molar-refractivity contribution in [3.63, 3.8) is 0 Å². The van der Waals surface area contributed by atoms with Crippen molar-refractivity contribution in [1.82, 2.24) is 4.90 Å². The smallest absolute Gasteiger partial charge is 0.416 e. The van der Waals surface area contributed by atoms with E-state index in [0.29, 0.717) is 33.1 Å². The zero-order valence-electron chi connectivity index (χ0n) is 15.7. The summed E-state index contributed by atoms with van der Waals surface area (Å²) in [6, 6.07) is 8.19. The van der Waals surface area contributed by atoms with Gasteiger partial charge >= 0.3 is 6.18 Å². The third kappa shape index (κ3) is 4.42. The van der Waals surface area contributed by atoms with E-state index in [9.17, 15) is 18.0 Å². The molecule has 0 bridgehead atoms. The predicted molar refractivity (Wildman–Crippen MR) is 107 cm³/mol. The van der Waals surface area contributed by atoms with Crippen LogP contribution in [0.1, 0.15) is 31.1 Å². The van der Waals surface area contributed by atoms with Crippen LogP contribution in [-0.4, -0.2) is 29.1 Å². The molecule has 0 aliphatic carbocycles. The van der Waals surface area contributed by atoms with Gasteiger partial charge in [-0.05, 0) is 54.8 Å². The predicted octanol–water partition coefficient (Wildman–Crippen LogP) is 5.67. The van der Waals surface area contributed by atoms with E-state index >= 15 is 0 Å². The first-order chi connectivity index (χ1) is 13.8. The lowest BCUT2D eigenvalue weighted by molar-refractivity contribution is -0.137. The number of nitrogens with zero attached hydrogens (tertiary/aromatic N) is 2. The Morgan fingerprint density at radius 2 is 1.97 bits per heavy atom. The van der Waals surface area contributed by atoms with Gasteiger partial charge in [-0.15, -0.1) is 0 Å². The van der Waals surface area contributed by atoms with Crippen molar-refractivity contribution in [3.8, 4) is 11.3 Å². The van der Waals surface area contributed by atoms with Gasteiger partial charge in [0.15, 0.2) is 5.17 Å². The van der Waals surface area contributed by atoms with E-state index in [0.717, 1.165) is 38.1 Å². The van der Waals surface area contributed by atoms with Crippen LogP contribution in [0.2, 0.25) is 0 Å². The quantitative estimate of drug-likeness (QED) is 0.588. The van der Waals surface area contributed by atoms with E-state index in [1.54, 1.807) is 24.3 Å². The number of rotatable bonds is 2. The highest BCUT2D eigenvalue weighted by Gasteiger charge is 2.31. The Labute approximate surface area is 170 Å². The molecule has 0 radical (unpaired) electrons. The van der Waals surface area contributed by atoms with Crippen molar-refractivity contribution < 1.29 is 22.4 Å². The summed E-state index contributed by atoms with van der Waals surface area (Å²) in [4.78, 5) is 19.0. The molecular formula is C21H19F3N2O2S. The number of hydrogen-bond acceptors (Lipinski definition) is 4. The normalized spacial score (nSPS) is 19.9. The lowest BCUT2D eigenvalue weighted by Crippen LogP contribution is -2.35. The number of carbonyl (C=O) groups excluding carboxylic acids is 1. The van der Waals surface area contributed by atoms with E-state index in [1.165, 1.54) is 17.8 Å². The minimum absolute atomic E-state index is 0.310. The van der Waals surface area contributed by atoms with Crippen molar-refractivity contribution in [1.29, 1.82) is 0 Å². The minimum Gasteiger partial charge on any atom is -0.457 e. The second-order valence-electron chi connectivity index (χ2n) is 7.26. The van der Waals surface area contributed by atoms with E-state index in [-0.39, 0.29) is 5.91 Å². The van der Waals surface area contributed by atoms with Gasteiger partial charge in [0.25, 0.3) is 5.91 Å². The third-order valence-corrected chi connectivity index (χ3v) is 6.08. The summed E-state index contributed by atoms with van der Waals surface area (Å²) < 4.78 is 44.4. The average Bonchev–Trinajstić information content (AvgIpc) is 3.29. The zero-order chi connectivity index (χ0) is 20.6.